The zero-order chi connectivity index (χ0) is 17.9. The van der Waals surface area contributed by atoms with Gasteiger partial charge in [0.15, 0.2) is 5.69 Å². The van der Waals surface area contributed by atoms with E-state index in [-0.39, 0.29) is 16.8 Å². The summed E-state index contributed by atoms with van der Waals surface area (Å²) in [5.74, 6) is 0.000170. The predicted molar refractivity (Wildman–Crippen MR) is 92.1 cm³/mol. The molecule has 1 aromatic carbocycles. The molecule has 1 heterocycles. The molecule has 6 nitrogen and oxygen atoms in total. The van der Waals surface area contributed by atoms with E-state index in [1.807, 2.05) is 58.9 Å². The number of carbonyl (C=O) groups excluding carboxylic acids is 1. The molecular formula is C18H20N4O2. The van der Waals surface area contributed by atoms with Crippen LogP contribution in [0.15, 0.2) is 33.9 Å². The molecule has 0 amide bonds. The number of aromatic nitrogens is 1. The lowest BCUT2D eigenvalue weighted by Gasteiger charge is -2.12. The Morgan fingerprint density at radius 1 is 1.29 bits per heavy atom. The fourth-order valence-electron chi connectivity index (χ4n) is 1.96. The minimum absolute atomic E-state index is 0.0722. The van der Waals surface area contributed by atoms with E-state index in [4.69, 9.17) is 4.52 Å². The molecule has 1 aromatic heterocycles. The molecule has 24 heavy (non-hydrogen) atoms. The van der Waals surface area contributed by atoms with Crippen molar-refractivity contribution in [1.82, 2.24) is 5.16 Å². The molecule has 2 rings (SSSR count). The van der Waals surface area contributed by atoms with E-state index < -0.39 is 5.78 Å². The highest BCUT2D eigenvalue weighted by Crippen LogP contribution is 2.23. The second-order valence-corrected chi connectivity index (χ2v) is 6.66. The molecule has 0 bridgehead atoms. The largest absolute Gasteiger partial charge is 0.360 e. The van der Waals surface area contributed by atoms with Crippen LogP contribution in [0, 0.1) is 25.2 Å². The fraction of sp³-hybridized carbons (Fsp3) is 0.333. The summed E-state index contributed by atoms with van der Waals surface area (Å²) in [5, 5.41) is 16.9. The van der Waals surface area contributed by atoms with Crippen molar-refractivity contribution in [3.05, 3.63) is 46.8 Å². The van der Waals surface area contributed by atoms with Crippen molar-refractivity contribution < 1.29 is 9.32 Å². The average Bonchev–Trinajstić information content (AvgIpc) is 3.01. The Balaban J connectivity index is 2.24. The highest BCUT2D eigenvalue weighted by molar-refractivity contribution is 6.51. The molecule has 0 aliphatic heterocycles. The number of benzene rings is 1. The molecule has 0 aliphatic carbocycles. The number of hydrazone groups is 1. The van der Waals surface area contributed by atoms with Gasteiger partial charge in [0.2, 0.25) is 11.5 Å². The number of nitrogens with one attached hydrogen (secondary N) is 1. The van der Waals surface area contributed by atoms with E-state index in [9.17, 15) is 10.1 Å². The van der Waals surface area contributed by atoms with Gasteiger partial charge in [-0.25, -0.2) is 0 Å². The lowest BCUT2D eigenvalue weighted by Crippen LogP contribution is -2.15. The van der Waals surface area contributed by atoms with Crippen LogP contribution in [0.1, 0.15) is 48.1 Å². The third-order valence-corrected chi connectivity index (χ3v) is 3.48. The van der Waals surface area contributed by atoms with Crippen molar-refractivity contribution in [2.45, 2.75) is 40.0 Å². The molecule has 0 aliphatic rings. The summed E-state index contributed by atoms with van der Waals surface area (Å²) in [6.07, 6.45) is 0. The minimum atomic E-state index is -0.574. The third-order valence-electron chi connectivity index (χ3n) is 3.48. The standard InChI is InChI=1S/C18H20N4O2/c1-11-6-7-12(2)13(8-11)20-21-15(10-19)17(23)14-9-16(24-22-14)18(3,4)5/h6-9,20H,1-5H3. The summed E-state index contributed by atoms with van der Waals surface area (Å²) in [6, 6.07) is 9.17. The fourth-order valence-corrected chi connectivity index (χ4v) is 1.96. The van der Waals surface area contributed by atoms with Gasteiger partial charge in [0, 0.05) is 11.5 Å². The number of nitrogens with zero attached hydrogens (tertiary/aromatic N) is 3. The van der Waals surface area contributed by atoms with Crippen molar-refractivity contribution in [2.24, 2.45) is 5.10 Å². The zero-order valence-electron chi connectivity index (χ0n) is 14.5. The van der Waals surface area contributed by atoms with Gasteiger partial charge in [-0.15, -0.1) is 0 Å². The molecule has 0 atom stereocenters. The Bertz CT molecular complexity index is 835. The number of Topliss-reactive ketones (excluding diaryl/α,β-unsaturated/α-hetero) is 1. The van der Waals surface area contributed by atoms with Crippen LogP contribution in [0.2, 0.25) is 0 Å². The number of anilines is 1. The van der Waals surface area contributed by atoms with Crippen LogP contribution < -0.4 is 5.43 Å². The van der Waals surface area contributed by atoms with E-state index >= 15 is 0 Å². The van der Waals surface area contributed by atoms with Gasteiger partial charge in [0.05, 0.1) is 5.69 Å². The molecule has 0 saturated carbocycles. The number of ketones is 1. The molecule has 1 N–H and O–H groups in total. The molecule has 0 unspecified atom stereocenters. The zero-order valence-corrected chi connectivity index (χ0v) is 14.5. The monoisotopic (exact) mass is 324 g/mol. The minimum Gasteiger partial charge on any atom is -0.360 e. The first-order valence-electron chi connectivity index (χ1n) is 7.55. The average molecular weight is 324 g/mol. The number of rotatable bonds is 4. The summed E-state index contributed by atoms with van der Waals surface area (Å²) >= 11 is 0. The van der Waals surface area contributed by atoms with Gasteiger partial charge >= 0.3 is 0 Å². The SMILES string of the molecule is Cc1ccc(C)c(NN=C(C#N)C(=O)c2cc(C(C)(C)C)on2)c1. The predicted octanol–water partition coefficient (Wildman–Crippen LogP) is 3.76. The summed E-state index contributed by atoms with van der Waals surface area (Å²) in [5.41, 5.74) is 5.06. The number of hydrogen-bond acceptors (Lipinski definition) is 6. The van der Waals surface area contributed by atoms with Crippen LogP contribution >= 0.6 is 0 Å². The maximum absolute atomic E-state index is 12.4. The van der Waals surface area contributed by atoms with Gasteiger partial charge in [-0.2, -0.15) is 10.4 Å². The Morgan fingerprint density at radius 3 is 2.58 bits per heavy atom. The van der Waals surface area contributed by atoms with Crippen molar-refractivity contribution >= 4 is 17.2 Å². The van der Waals surface area contributed by atoms with Gasteiger partial charge in [-0.3, -0.25) is 10.2 Å². The van der Waals surface area contributed by atoms with Gasteiger partial charge in [-0.1, -0.05) is 38.1 Å². The Labute approximate surface area is 141 Å². The Kier molecular flexibility index (Phi) is 4.84. The number of hydrogen-bond donors (Lipinski definition) is 1. The summed E-state index contributed by atoms with van der Waals surface area (Å²) in [4.78, 5) is 12.4. The van der Waals surface area contributed by atoms with Crippen molar-refractivity contribution in [1.29, 1.82) is 5.26 Å². The molecule has 0 fully saturated rings. The molecular weight excluding hydrogens is 304 g/mol. The quantitative estimate of drug-likeness (QED) is 0.525. The van der Waals surface area contributed by atoms with Crippen LogP contribution in [0.4, 0.5) is 5.69 Å². The third kappa shape index (κ3) is 3.87. The van der Waals surface area contributed by atoms with E-state index in [2.05, 4.69) is 15.7 Å². The van der Waals surface area contributed by atoms with Crippen molar-refractivity contribution in [2.75, 3.05) is 5.43 Å². The summed E-state index contributed by atoms with van der Waals surface area (Å²) in [6.45, 7) is 9.71. The maximum Gasteiger partial charge on any atom is 0.245 e. The lowest BCUT2D eigenvalue weighted by molar-refractivity contribution is 0.105. The van der Waals surface area contributed by atoms with E-state index in [1.54, 1.807) is 6.07 Å². The first-order chi connectivity index (χ1) is 11.2. The van der Waals surface area contributed by atoms with Crippen LogP contribution in [0.25, 0.3) is 0 Å². The second kappa shape index (κ2) is 6.67. The van der Waals surface area contributed by atoms with Gasteiger partial charge < -0.3 is 4.52 Å². The van der Waals surface area contributed by atoms with Gasteiger partial charge in [0.25, 0.3) is 0 Å². The molecule has 0 saturated heterocycles. The van der Waals surface area contributed by atoms with E-state index in [0.29, 0.717) is 5.76 Å². The Hall–Kier alpha value is -2.94. The van der Waals surface area contributed by atoms with E-state index in [0.717, 1.165) is 16.8 Å². The van der Waals surface area contributed by atoms with Crippen LogP contribution in [-0.4, -0.2) is 16.7 Å². The molecule has 124 valence electrons. The molecule has 6 heteroatoms. The highest BCUT2D eigenvalue weighted by Gasteiger charge is 2.24. The van der Waals surface area contributed by atoms with Gasteiger partial charge in [0.1, 0.15) is 11.8 Å². The van der Waals surface area contributed by atoms with Gasteiger partial charge in [-0.05, 0) is 31.0 Å². The Morgan fingerprint density at radius 2 is 2.00 bits per heavy atom. The highest BCUT2D eigenvalue weighted by atomic mass is 16.5. The molecule has 2 aromatic rings. The summed E-state index contributed by atoms with van der Waals surface area (Å²) in [7, 11) is 0. The number of nitriles is 1. The first kappa shape index (κ1) is 17.4. The number of carbonyl (C=O) groups is 1. The van der Waals surface area contributed by atoms with Crippen molar-refractivity contribution in [3.63, 3.8) is 0 Å². The topological polar surface area (TPSA) is 91.3 Å². The second-order valence-electron chi connectivity index (χ2n) is 6.66. The number of aryl methyl sites for hydroxylation is 2. The summed E-state index contributed by atoms with van der Waals surface area (Å²) < 4.78 is 5.19. The normalized spacial score (nSPS) is 11.9. The lowest BCUT2D eigenvalue weighted by atomic mass is 9.93. The van der Waals surface area contributed by atoms with Crippen LogP contribution in [-0.2, 0) is 5.41 Å². The molecule has 0 spiro atoms. The van der Waals surface area contributed by atoms with Crippen LogP contribution in [0.3, 0.4) is 0 Å². The van der Waals surface area contributed by atoms with E-state index in [1.165, 1.54) is 0 Å². The first-order valence-corrected chi connectivity index (χ1v) is 7.55. The van der Waals surface area contributed by atoms with Crippen LogP contribution in [0.5, 0.6) is 0 Å². The van der Waals surface area contributed by atoms with Crippen molar-refractivity contribution in [3.8, 4) is 6.07 Å². The maximum atomic E-state index is 12.4. The molecule has 0 radical (unpaired) electrons. The smallest absolute Gasteiger partial charge is 0.245 e.